The highest BCUT2D eigenvalue weighted by Gasteiger charge is 2.22. The Labute approximate surface area is 117 Å². The van der Waals surface area contributed by atoms with E-state index in [1.807, 2.05) is 6.07 Å². The molecule has 0 spiro atoms. The molecule has 20 heavy (non-hydrogen) atoms. The quantitative estimate of drug-likeness (QED) is 0.656. The highest BCUT2D eigenvalue weighted by molar-refractivity contribution is 5.51. The highest BCUT2D eigenvalue weighted by atomic mass is 16.6. The monoisotopic (exact) mass is 268 g/mol. The summed E-state index contributed by atoms with van der Waals surface area (Å²) >= 11 is 0. The molecule has 0 aliphatic heterocycles. The largest absolute Gasteiger partial charge is 0.381 e. The zero-order valence-corrected chi connectivity index (χ0v) is 11.1. The number of nitro benzene ring substituents is 1. The van der Waals surface area contributed by atoms with Gasteiger partial charge >= 0.3 is 0 Å². The first-order valence-corrected chi connectivity index (χ1v) is 6.79. The molecule has 0 saturated heterocycles. The summed E-state index contributed by atoms with van der Waals surface area (Å²) in [6.07, 6.45) is 2.62. The molecule has 0 amide bonds. The molecule has 0 bridgehead atoms. The predicted molar refractivity (Wildman–Crippen MR) is 78.8 cm³/mol. The summed E-state index contributed by atoms with van der Waals surface area (Å²) in [6, 6.07) is 15.2. The number of benzene rings is 2. The van der Waals surface area contributed by atoms with Crippen molar-refractivity contribution in [3.8, 4) is 0 Å². The maximum atomic E-state index is 10.7. The third-order valence-electron chi connectivity index (χ3n) is 3.58. The lowest BCUT2D eigenvalue weighted by Gasteiger charge is -2.07. The van der Waals surface area contributed by atoms with Crippen molar-refractivity contribution in [2.45, 2.75) is 25.3 Å². The van der Waals surface area contributed by atoms with E-state index in [4.69, 9.17) is 0 Å². The third kappa shape index (κ3) is 2.96. The van der Waals surface area contributed by atoms with Crippen molar-refractivity contribution in [1.29, 1.82) is 0 Å². The zero-order chi connectivity index (χ0) is 13.9. The molecule has 2 aromatic carbocycles. The van der Waals surface area contributed by atoms with E-state index in [0.717, 1.165) is 11.6 Å². The Kier molecular flexibility index (Phi) is 3.37. The molecule has 0 heterocycles. The van der Waals surface area contributed by atoms with Crippen LogP contribution in [0.15, 0.2) is 48.5 Å². The van der Waals surface area contributed by atoms with Gasteiger partial charge in [-0.05, 0) is 36.0 Å². The van der Waals surface area contributed by atoms with E-state index in [0.29, 0.717) is 6.54 Å². The molecule has 4 nitrogen and oxygen atoms in total. The molecule has 2 aromatic rings. The van der Waals surface area contributed by atoms with Crippen LogP contribution < -0.4 is 5.32 Å². The number of nitrogens with one attached hydrogen (secondary N) is 1. The standard InChI is InChI=1S/C16H16N2O2/c19-18(20)16-3-1-2-15(10-16)17-11-12-4-6-13(7-5-12)14-8-9-14/h1-7,10,14,17H,8-9,11H2. The first-order chi connectivity index (χ1) is 9.72. The molecule has 0 radical (unpaired) electrons. The topological polar surface area (TPSA) is 55.2 Å². The van der Waals surface area contributed by atoms with Gasteiger partial charge in [-0.1, -0.05) is 30.3 Å². The number of nitro groups is 1. The molecule has 102 valence electrons. The van der Waals surface area contributed by atoms with Gasteiger partial charge in [0.05, 0.1) is 4.92 Å². The first kappa shape index (κ1) is 12.7. The van der Waals surface area contributed by atoms with Gasteiger partial charge in [-0.3, -0.25) is 10.1 Å². The Morgan fingerprint density at radius 3 is 2.55 bits per heavy atom. The SMILES string of the molecule is O=[N+]([O-])c1cccc(NCc2ccc(C3CC3)cc2)c1. The number of non-ortho nitro benzene ring substituents is 1. The lowest BCUT2D eigenvalue weighted by molar-refractivity contribution is -0.384. The van der Waals surface area contributed by atoms with Crippen LogP contribution in [0.5, 0.6) is 0 Å². The highest BCUT2D eigenvalue weighted by Crippen LogP contribution is 2.39. The maximum Gasteiger partial charge on any atom is 0.271 e. The second-order valence-electron chi connectivity index (χ2n) is 5.18. The average Bonchev–Trinajstić information content (AvgIpc) is 3.31. The van der Waals surface area contributed by atoms with Gasteiger partial charge < -0.3 is 5.32 Å². The van der Waals surface area contributed by atoms with Crippen molar-refractivity contribution in [2.75, 3.05) is 5.32 Å². The van der Waals surface area contributed by atoms with Gasteiger partial charge in [0.15, 0.2) is 0 Å². The maximum absolute atomic E-state index is 10.7. The van der Waals surface area contributed by atoms with Gasteiger partial charge in [-0.15, -0.1) is 0 Å². The van der Waals surface area contributed by atoms with E-state index < -0.39 is 0 Å². The molecule has 0 aromatic heterocycles. The Morgan fingerprint density at radius 2 is 1.90 bits per heavy atom. The van der Waals surface area contributed by atoms with E-state index in [1.54, 1.807) is 12.1 Å². The van der Waals surface area contributed by atoms with Gasteiger partial charge in [0, 0.05) is 24.4 Å². The van der Waals surface area contributed by atoms with Crippen LogP contribution >= 0.6 is 0 Å². The van der Waals surface area contributed by atoms with Crippen LogP contribution in [0.1, 0.15) is 29.9 Å². The minimum absolute atomic E-state index is 0.110. The van der Waals surface area contributed by atoms with Crippen molar-refractivity contribution in [3.05, 3.63) is 69.8 Å². The van der Waals surface area contributed by atoms with E-state index in [1.165, 1.54) is 30.0 Å². The fraction of sp³-hybridized carbons (Fsp3) is 0.250. The second-order valence-corrected chi connectivity index (χ2v) is 5.18. The predicted octanol–water partition coefficient (Wildman–Crippen LogP) is 4.08. The van der Waals surface area contributed by atoms with Crippen molar-refractivity contribution >= 4 is 11.4 Å². The van der Waals surface area contributed by atoms with Gasteiger partial charge in [-0.25, -0.2) is 0 Å². The fourth-order valence-corrected chi connectivity index (χ4v) is 2.26. The van der Waals surface area contributed by atoms with Gasteiger partial charge in [0.2, 0.25) is 0 Å². The zero-order valence-electron chi connectivity index (χ0n) is 11.1. The summed E-state index contributed by atoms with van der Waals surface area (Å²) in [5.74, 6) is 0.772. The molecule has 1 aliphatic carbocycles. The molecule has 1 saturated carbocycles. The summed E-state index contributed by atoms with van der Waals surface area (Å²) < 4.78 is 0. The fourth-order valence-electron chi connectivity index (χ4n) is 2.26. The molecule has 3 rings (SSSR count). The number of hydrogen-bond donors (Lipinski definition) is 1. The minimum Gasteiger partial charge on any atom is -0.381 e. The van der Waals surface area contributed by atoms with E-state index in [-0.39, 0.29) is 10.6 Å². The number of hydrogen-bond acceptors (Lipinski definition) is 3. The number of nitrogens with zero attached hydrogens (tertiary/aromatic N) is 1. The van der Waals surface area contributed by atoms with Crippen LogP contribution in [0, 0.1) is 10.1 Å². The van der Waals surface area contributed by atoms with Crippen LogP contribution in [-0.2, 0) is 6.54 Å². The molecule has 1 aliphatic rings. The molecule has 0 unspecified atom stereocenters. The van der Waals surface area contributed by atoms with Gasteiger partial charge in [0.25, 0.3) is 5.69 Å². The van der Waals surface area contributed by atoms with Gasteiger partial charge in [0.1, 0.15) is 0 Å². The van der Waals surface area contributed by atoms with Crippen LogP contribution in [-0.4, -0.2) is 4.92 Å². The smallest absolute Gasteiger partial charge is 0.271 e. The number of rotatable bonds is 5. The molecule has 4 heteroatoms. The number of anilines is 1. The van der Waals surface area contributed by atoms with E-state index >= 15 is 0 Å². The van der Waals surface area contributed by atoms with Crippen LogP contribution in [0.4, 0.5) is 11.4 Å². The summed E-state index contributed by atoms with van der Waals surface area (Å²) in [4.78, 5) is 10.3. The molecular weight excluding hydrogens is 252 g/mol. The van der Waals surface area contributed by atoms with Crippen LogP contribution in [0.2, 0.25) is 0 Å². The van der Waals surface area contributed by atoms with E-state index in [9.17, 15) is 10.1 Å². The normalized spacial score (nSPS) is 14.0. The lowest BCUT2D eigenvalue weighted by atomic mass is 10.1. The molecule has 1 fully saturated rings. The van der Waals surface area contributed by atoms with Crippen molar-refractivity contribution < 1.29 is 4.92 Å². The Bertz CT molecular complexity index is 619. The van der Waals surface area contributed by atoms with Crippen LogP contribution in [0.25, 0.3) is 0 Å². The van der Waals surface area contributed by atoms with Crippen LogP contribution in [0.3, 0.4) is 0 Å². The molecule has 0 atom stereocenters. The average molecular weight is 268 g/mol. The Hall–Kier alpha value is -2.36. The van der Waals surface area contributed by atoms with Crippen molar-refractivity contribution in [3.63, 3.8) is 0 Å². The molecular formula is C16H16N2O2. The molecule has 1 N–H and O–H groups in total. The first-order valence-electron chi connectivity index (χ1n) is 6.79. The van der Waals surface area contributed by atoms with Gasteiger partial charge in [-0.2, -0.15) is 0 Å². The Balaban J connectivity index is 1.63. The van der Waals surface area contributed by atoms with Crippen molar-refractivity contribution in [2.24, 2.45) is 0 Å². The third-order valence-corrected chi connectivity index (χ3v) is 3.58. The van der Waals surface area contributed by atoms with Crippen molar-refractivity contribution in [1.82, 2.24) is 0 Å². The van der Waals surface area contributed by atoms with E-state index in [2.05, 4.69) is 29.6 Å². The summed E-state index contributed by atoms with van der Waals surface area (Å²) in [5, 5.41) is 13.9. The minimum atomic E-state index is -0.379. The lowest BCUT2D eigenvalue weighted by Crippen LogP contribution is -2.00. The second kappa shape index (κ2) is 5.33. The summed E-state index contributed by atoms with van der Waals surface area (Å²) in [6.45, 7) is 0.673. The Morgan fingerprint density at radius 1 is 1.15 bits per heavy atom. The summed E-state index contributed by atoms with van der Waals surface area (Å²) in [5.41, 5.74) is 3.48. The summed E-state index contributed by atoms with van der Waals surface area (Å²) in [7, 11) is 0.